The molecule has 8 rings (SSSR count). The Balaban J connectivity index is 0.000000201. The first kappa shape index (κ1) is 47.7. The summed E-state index contributed by atoms with van der Waals surface area (Å²) in [7, 11) is 4.49. The summed E-state index contributed by atoms with van der Waals surface area (Å²) in [5.41, 5.74) is 3.15. The van der Waals surface area contributed by atoms with Gasteiger partial charge in [0.15, 0.2) is 24.7 Å². The van der Waals surface area contributed by atoms with Gasteiger partial charge in [0.25, 0.3) is 11.8 Å². The lowest BCUT2D eigenvalue weighted by molar-refractivity contribution is -0.124. The quantitative estimate of drug-likeness (QED) is 0.0771. The van der Waals surface area contributed by atoms with Gasteiger partial charge in [-0.15, -0.1) is 0 Å². The molecule has 342 valence electrons. The van der Waals surface area contributed by atoms with Crippen LogP contribution in [0.5, 0.6) is 40.2 Å². The van der Waals surface area contributed by atoms with Crippen molar-refractivity contribution in [3.8, 4) is 40.2 Å². The molecule has 13 nitrogen and oxygen atoms in total. The summed E-state index contributed by atoms with van der Waals surface area (Å²) in [4.78, 5) is 34.3. The molecule has 0 spiro atoms. The van der Waals surface area contributed by atoms with Gasteiger partial charge >= 0.3 is 0 Å². The third-order valence-corrected chi connectivity index (χ3v) is 11.5. The molecule has 2 aromatic heterocycles. The van der Waals surface area contributed by atoms with Gasteiger partial charge in [0.05, 0.1) is 43.5 Å². The van der Waals surface area contributed by atoms with Gasteiger partial charge in [-0.2, -0.15) is 0 Å². The summed E-state index contributed by atoms with van der Waals surface area (Å²) in [6, 6.07) is 38.0. The predicted molar refractivity (Wildman–Crippen MR) is 261 cm³/mol. The Hall–Kier alpha value is -7.26. The van der Waals surface area contributed by atoms with Gasteiger partial charge in [0.2, 0.25) is 5.75 Å². The number of halogens is 3. The molecule has 0 aliphatic rings. The van der Waals surface area contributed by atoms with Gasteiger partial charge in [-0.25, -0.2) is 0 Å². The Morgan fingerprint density at radius 2 is 1.01 bits per heavy atom. The molecule has 67 heavy (non-hydrogen) atoms. The van der Waals surface area contributed by atoms with E-state index in [0.29, 0.717) is 71.7 Å². The SMILES string of the molecule is COc1cc(OCC(=O)NC(c2ccccc2)c2cc(Cl)c3cccnc3c2O)cc(OC)c1OC.O=C(COc1ccc(Br)cc1)NC(c1ccccc1)c1cc(Cl)c2cccnc2c1O. The predicted octanol–water partition coefficient (Wildman–Crippen LogP) is 10.5. The van der Waals surface area contributed by atoms with E-state index in [1.807, 2.05) is 72.8 Å². The average molecular weight is 1010 g/mol. The largest absolute Gasteiger partial charge is 0.505 e. The Bertz CT molecular complexity index is 2980. The maximum Gasteiger partial charge on any atom is 0.258 e. The minimum Gasteiger partial charge on any atom is -0.505 e. The first-order valence-corrected chi connectivity index (χ1v) is 22.1. The second kappa shape index (κ2) is 22.3. The van der Waals surface area contributed by atoms with E-state index in [-0.39, 0.29) is 30.6 Å². The van der Waals surface area contributed by atoms with E-state index in [4.69, 9.17) is 46.9 Å². The number of phenols is 2. The molecule has 8 aromatic rings. The van der Waals surface area contributed by atoms with Gasteiger partial charge in [0, 0.05) is 50.9 Å². The van der Waals surface area contributed by atoms with Crippen LogP contribution in [0.4, 0.5) is 0 Å². The van der Waals surface area contributed by atoms with Crippen LogP contribution in [0.2, 0.25) is 10.0 Å². The highest BCUT2D eigenvalue weighted by molar-refractivity contribution is 9.10. The molecule has 2 unspecified atom stereocenters. The van der Waals surface area contributed by atoms with E-state index in [2.05, 4.69) is 36.5 Å². The first-order chi connectivity index (χ1) is 32.5. The van der Waals surface area contributed by atoms with Crippen molar-refractivity contribution in [2.45, 2.75) is 12.1 Å². The third-order valence-electron chi connectivity index (χ3n) is 10.4. The zero-order chi connectivity index (χ0) is 47.5. The third kappa shape index (κ3) is 11.4. The topological polar surface area (TPSA) is 171 Å². The van der Waals surface area contributed by atoms with E-state index in [9.17, 15) is 19.8 Å². The number of methoxy groups -OCH3 is 3. The van der Waals surface area contributed by atoms with Crippen LogP contribution in [-0.4, -0.2) is 66.5 Å². The molecule has 0 saturated carbocycles. The number of nitrogens with one attached hydrogen (secondary N) is 2. The van der Waals surface area contributed by atoms with Gasteiger partial charge < -0.3 is 44.5 Å². The molecular formula is C51H43BrCl2N4O9. The lowest BCUT2D eigenvalue weighted by Gasteiger charge is -2.22. The second-order valence-electron chi connectivity index (χ2n) is 14.6. The van der Waals surface area contributed by atoms with Crippen LogP contribution in [0.15, 0.2) is 150 Å². The fourth-order valence-electron chi connectivity index (χ4n) is 7.20. The van der Waals surface area contributed by atoms with Crippen molar-refractivity contribution in [3.63, 3.8) is 0 Å². The average Bonchev–Trinajstić information content (AvgIpc) is 3.36. The number of fused-ring (bicyclic) bond motifs is 2. The highest BCUT2D eigenvalue weighted by Crippen LogP contribution is 2.42. The smallest absolute Gasteiger partial charge is 0.258 e. The van der Waals surface area contributed by atoms with E-state index >= 15 is 0 Å². The highest BCUT2D eigenvalue weighted by atomic mass is 79.9. The molecule has 0 bridgehead atoms. The molecular weight excluding hydrogens is 963 g/mol. The van der Waals surface area contributed by atoms with Gasteiger partial charge in [0.1, 0.15) is 34.0 Å². The molecule has 0 fully saturated rings. The van der Waals surface area contributed by atoms with E-state index in [0.717, 1.165) is 15.6 Å². The highest BCUT2D eigenvalue weighted by Gasteiger charge is 2.25. The summed E-state index contributed by atoms with van der Waals surface area (Å²) < 4.78 is 28.2. The number of aromatic nitrogens is 2. The number of nitrogens with zero attached hydrogens (tertiary/aromatic N) is 2. The zero-order valence-corrected chi connectivity index (χ0v) is 39.3. The fourth-order valence-corrected chi connectivity index (χ4v) is 8.00. The van der Waals surface area contributed by atoms with Crippen LogP contribution < -0.4 is 34.3 Å². The summed E-state index contributed by atoms with van der Waals surface area (Å²) in [6.07, 6.45) is 3.16. The lowest BCUT2D eigenvalue weighted by Crippen LogP contribution is -2.33. The number of amides is 2. The maximum atomic E-state index is 13.0. The lowest BCUT2D eigenvalue weighted by atomic mass is 9.96. The molecule has 2 amide bonds. The molecule has 0 radical (unpaired) electrons. The maximum absolute atomic E-state index is 13.0. The van der Waals surface area contributed by atoms with Crippen molar-refractivity contribution in [3.05, 3.63) is 183 Å². The standard InChI is InChI=1S/C27H25ClN2O6.C24H18BrClN2O3/c1-33-21-12-17(13-22(34-2)27(21)35-3)36-15-23(31)30-24(16-8-5-4-6-9-16)19-14-20(28)18-10-7-11-29-25(18)26(19)32;25-16-8-10-17(11-9-16)31-14-21(29)28-22(15-5-2-1-3-6-15)19-13-20(26)18-7-4-12-27-23(18)24(19)30/h4-14,24,32H,15H2,1-3H3,(H,30,31);1-13,22,30H,14H2,(H,28,29). The van der Waals surface area contributed by atoms with Crippen molar-refractivity contribution in [1.82, 2.24) is 20.6 Å². The molecule has 0 saturated heterocycles. The summed E-state index contributed by atoms with van der Waals surface area (Å²) in [5.74, 6) is 1.31. The monoisotopic (exact) mass is 1000 g/mol. The molecule has 0 aliphatic heterocycles. The Morgan fingerprint density at radius 3 is 1.43 bits per heavy atom. The number of benzene rings is 6. The van der Waals surface area contributed by atoms with Gasteiger partial charge in [-0.1, -0.05) is 99.8 Å². The van der Waals surface area contributed by atoms with Crippen molar-refractivity contribution in [2.75, 3.05) is 34.5 Å². The van der Waals surface area contributed by atoms with Crippen LogP contribution in [0.3, 0.4) is 0 Å². The minimum absolute atomic E-state index is 0.0250. The van der Waals surface area contributed by atoms with Gasteiger partial charge in [-0.05, 0) is 71.8 Å². The number of hydrogen-bond donors (Lipinski definition) is 4. The Kier molecular flexibility index (Phi) is 15.9. The summed E-state index contributed by atoms with van der Waals surface area (Å²) in [5, 5.41) is 30.0. The van der Waals surface area contributed by atoms with Gasteiger partial charge in [-0.3, -0.25) is 19.6 Å². The number of carbonyl (C=O) groups excluding carboxylic acids is 2. The van der Waals surface area contributed by atoms with Crippen LogP contribution in [0.1, 0.15) is 34.3 Å². The summed E-state index contributed by atoms with van der Waals surface area (Å²) >= 11 is 16.3. The Labute approximate surface area is 404 Å². The van der Waals surface area contributed by atoms with Crippen molar-refractivity contribution in [2.24, 2.45) is 0 Å². The minimum atomic E-state index is -0.703. The summed E-state index contributed by atoms with van der Waals surface area (Å²) in [6.45, 7) is -0.479. The van der Waals surface area contributed by atoms with Crippen molar-refractivity contribution in [1.29, 1.82) is 0 Å². The van der Waals surface area contributed by atoms with E-state index < -0.39 is 18.0 Å². The fraction of sp³-hybridized carbons (Fsp3) is 0.137. The molecule has 0 aliphatic carbocycles. The first-order valence-electron chi connectivity index (χ1n) is 20.5. The van der Waals surface area contributed by atoms with E-state index in [1.54, 1.807) is 73.1 Å². The second-order valence-corrected chi connectivity index (χ2v) is 16.3. The number of ether oxygens (including phenoxy) is 5. The molecule has 2 heterocycles. The van der Waals surface area contributed by atoms with Crippen LogP contribution >= 0.6 is 39.1 Å². The normalized spacial score (nSPS) is 11.7. The van der Waals surface area contributed by atoms with Crippen molar-refractivity contribution >= 4 is 72.8 Å². The zero-order valence-electron chi connectivity index (χ0n) is 36.2. The molecule has 4 N–H and O–H groups in total. The number of pyridine rings is 2. The number of rotatable bonds is 15. The number of carbonyl (C=O) groups is 2. The van der Waals surface area contributed by atoms with E-state index in [1.165, 1.54) is 21.3 Å². The molecule has 6 aromatic carbocycles. The van der Waals surface area contributed by atoms with Crippen LogP contribution in [0, 0.1) is 0 Å². The number of hydrogen-bond acceptors (Lipinski definition) is 11. The Morgan fingerprint density at radius 1 is 0.582 bits per heavy atom. The molecule has 16 heteroatoms. The number of aromatic hydroxyl groups is 2. The number of phenolic OH excluding ortho intramolecular Hbond substituents is 2. The van der Waals surface area contributed by atoms with Crippen molar-refractivity contribution < 1.29 is 43.5 Å². The van der Waals surface area contributed by atoms with Crippen LogP contribution in [-0.2, 0) is 9.59 Å². The van der Waals surface area contributed by atoms with Crippen LogP contribution in [0.25, 0.3) is 21.8 Å². The molecule has 2 atom stereocenters.